The molecule has 18 heavy (non-hydrogen) atoms. The number of hydrogen-bond acceptors (Lipinski definition) is 4. The molecule has 0 spiro atoms. The van der Waals surface area contributed by atoms with E-state index in [-0.39, 0.29) is 0 Å². The molecule has 1 aromatic heterocycles. The van der Waals surface area contributed by atoms with Crippen molar-refractivity contribution in [3.63, 3.8) is 0 Å². The number of ether oxygens (including phenoxy) is 2. The lowest BCUT2D eigenvalue weighted by atomic mass is 10.1. The molecule has 5 nitrogen and oxygen atoms in total. The molecule has 0 radical (unpaired) electrons. The van der Waals surface area contributed by atoms with Crippen LogP contribution in [-0.2, 0) is 9.53 Å². The van der Waals surface area contributed by atoms with Crippen molar-refractivity contribution in [3.05, 3.63) is 30.0 Å². The predicted molar refractivity (Wildman–Crippen MR) is 68.4 cm³/mol. The van der Waals surface area contributed by atoms with E-state index in [0.717, 1.165) is 16.7 Å². The summed E-state index contributed by atoms with van der Waals surface area (Å²) in [4.78, 5) is 14.7. The normalized spacial score (nSPS) is 12.4. The number of fused-ring (bicyclic) bond motifs is 1. The van der Waals surface area contributed by atoms with E-state index >= 15 is 0 Å². The number of carbonyl (C=O) groups excluding carboxylic acids is 1. The van der Waals surface area contributed by atoms with Gasteiger partial charge in [0.15, 0.2) is 0 Å². The average Bonchev–Trinajstić information content (AvgIpc) is 2.81. The highest BCUT2D eigenvalue weighted by Gasteiger charge is 2.21. The van der Waals surface area contributed by atoms with E-state index in [2.05, 4.69) is 4.98 Å². The Morgan fingerprint density at radius 1 is 1.50 bits per heavy atom. The van der Waals surface area contributed by atoms with Crippen LogP contribution >= 0.6 is 0 Å². The van der Waals surface area contributed by atoms with Crippen LogP contribution in [0, 0.1) is 0 Å². The number of nitrogens with one attached hydrogen (secondary N) is 1. The molecule has 2 aromatic rings. The monoisotopic (exact) mass is 248 g/mol. The van der Waals surface area contributed by atoms with Crippen molar-refractivity contribution in [2.24, 2.45) is 5.73 Å². The first-order chi connectivity index (χ1) is 8.69. The highest BCUT2D eigenvalue weighted by molar-refractivity contribution is 5.92. The Morgan fingerprint density at radius 2 is 2.28 bits per heavy atom. The molecule has 0 amide bonds. The first-order valence-electron chi connectivity index (χ1n) is 5.75. The van der Waals surface area contributed by atoms with Crippen molar-refractivity contribution < 1.29 is 14.3 Å². The number of hydrogen-bond donors (Lipinski definition) is 2. The van der Waals surface area contributed by atoms with Gasteiger partial charge in [-0.15, -0.1) is 0 Å². The number of aromatic nitrogens is 1. The molecule has 0 aliphatic rings. The van der Waals surface area contributed by atoms with E-state index in [1.807, 2.05) is 18.2 Å². The van der Waals surface area contributed by atoms with Crippen LogP contribution in [0.25, 0.3) is 10.9 Å². The summed E-state index contributed by atoms with van der Waals surface area (Å²) in [5.41, 5.74) is 7.43. The molecule has 96 valence electrons. The fourth-order valence-corrected chi connectivity index (χ4v) is 1.93. The minimum atomic E-state index is -0.786. The molecular weight excluding hydrogens is 232 g/mol. The number of benzene rings is 1. The van der Waals surface area contributed by atoms with Crippen LogP contribution in [0.15, 0.2) is 24.4 Å². The molecule has 3 N–H and O–H groups in total. The van der Waals surface area contributed by atoms with Crippen molar-refractivity contribution >= 4 is 16.9 Å². The molecule has 1 heterocycles. The Balaban J connectivity index is 2.43. The topological polar surface area (TPSA) is 77.3 Å². The Kier molecular flexibility index (Phi) is 3.53. The third-order valence-corrected chi connectivity index (χ3v) is 2.80. The summed E-state index contributed by atoms with van der Waals surface area (Å²) >= 11 is 0. The molecule has 0 saturated carbocycles. The van der Waals surface area contributed by atoms with Gasteiger partial charge in [0.25, 0.3) is 0 Å². The molecule has 0 fully saturated rings. The molecule has 2 rings (SSSR count). The van der Waals surface area contributed by atoms with Gasteiger partial charge in [-0.2, -0.15) is 0 Å². The first kappa shape index (κ1) is 12.4. The molecular formula is C13H16N2O3. The smallest absolute Gasteiger partial charge is 0.327 e. The average molecular weight is 248 g/mol. The van der Waals surface area contributed by atoms with Gasteiger partial charge in [-0.1, -0.05) is 12.1 Å². The summed E-state index contributed by atoms with van der Waals surface area (Å²) in [5, 5.41) is 0.870. The van der Waals surface area contributed by atoms with Crippen molar-refractivity contribution in [2.45, 2.75) is 13.0 Å². The minimum Gasteiger partial charge on any atom is -0.495 e. The lowest BCUT2D eigenvalue weighted by Crippen LogP contribution is -2.23. The van der Waals surface area contributed by atoms with Crippen molar-refractivity contribution in [3.8, 4) is 5.75 Å². The van der Waals surface area contributed by atoms with Crippen LogP contribution in [0.3, 0.4) is 0 Å². The summed E-state index contributed by atoms with van der Waals surface area (Å²) in [5.74, 6) is 0.288. The van der Waals surface area contributed by atoms with Gasteiger partial charge in [-0.25, -0.2) is 4.79 Å². The van der Waals surface area contributed by atoms with Gasteiger partial charge in [0, 0.05) is 17.1 Å². The standard InChI is InChI=1S/C13H16N2O3/c1-3-18-13(16)11(14)9-7-15-12-8(9)5-4-6-10(12)17-2/h4-7,11,15H,3,14H2,1-2H3. The Labute approximate surface area is 105 Å². The van der Waals surface area contributed by atoms with Gasteiger partial charge in [-0.05, 0) is 13.0 Å². The van der Waals surface area contributed by atoms with E-state index in [9.17, 15) is 4.79 Å². The van der Waals surface area contributed by atoms with Crippen LogP contribution in [0.2, 0.25) is 0 Å². The first-order valence-corrected chi connectivity index (χ1v) is 5.75. The number of H-pyrrole nitrogens is 1. The summed E-state index contributed by atoms with van der Waals surface area (Å²) in [7, 11) is 1.60. The zero-order valence-corrected chi connectivity index (χ0v) is 10.4. The highest BCUT2D eigenvalue weighted by atomic mass is 16.5. The maximum absolute atomic E-state index is 11.6. The second-order valence-electron chi connectivity index (χ2n) is 3.86. The number of esters is 1. The maximum Gasteiger partial charge on any atom is 0.327 e. The maximum atomic E-state index is 11.6. The minimum absolute atomic E-state index is 0.318. The van der Waals surface area contributed by atoms with Crippen LogP contribution < -0.4 is 10.5 Å². The summed E-state index contributed by atoms with van der Waals surface area (Å²) in [6, 6.07) is 4.81. The fourth-order valence-electron chi connectivity index (χ4n) is 1.93. The number of para-hydroxylation sites is 1. The van der Waals surface area contributed by atoms with Crippen LogP contribution in [0.4, 0.5) is 0 Å². The molecule has 0 aliphatic carbocycles. The van der Waals surface area contributed by atoms with Gasteiger partial charge in [0.1, 0.15) is 11.8 Å². The van der Waals surface area contributed by atoms with Crippen molar-refractivity contribution in [1.82, 2.24) is 4.98 Å². The van der Waals surface area contributed by atoms with Gasteiger partial charge < -0.3 is 20.2 Å². The number of methoxy groups -OCH3 is 1. The van der Waals surface area contributed by atoms with Crippen LogP contribution in [0.5, 0.6) is 5.75 Å². The SMILES string of the molecule is CCOC(=O)C(N)c1c[nH]c2c(OC)cccc12. The van der Waals surface area contributed by atoms with E-state index in [1.165, 1.54) is 0 Å². The number of aromatic amines is 1. The highest BCUT2D eigenvalue weighted by Crippen LogP contribution is 2.29. The van der Waals surface area contributed by atoms with Gasteiger partial charge >= 0.3 is 5.97 Å². The molecule has 1 unspecified atom stereocenters. The Bertz CT molecular complexity index is 562. The largest absolute Gasteiger partial charge is 0.495 e. The molecule has 0 bridgehead atoms. The summed E-state index contributed by atoms with van der Waals surface area (Å²) in [6.45, 7) is 2.07. The molecule has 1 aromatic carbocycles. The number of carbonyl (C=O) groups is 1. The van der Waals surface area contributed by atoms with Gasteiger partial charge in [0.05, 0.1) is 19.2 Å². The quantitative estimate of drug-likeness (QED) is 0.808. The second kappa shape index (κ2) is 5.10. The van der Waals surface area contributed by atoms with E-state index in [1.54, 1.807) is 20.2 Å². The van der Waals surface area contributed by atoms with Crippen molar-refractivity contribution in [1.29, 1.82) is 0 Å². The van der Waals surface area contributed by atoms with E-state index in [4.69, 9.17) is 15.2 Å². The fraction of sp³-hybridized carbons (Fsp3) is 0.308. The van der Waals surface area contributed by atoms with Crippen LogP contribution in [-0.4, -0.2) is 24.7 Å². The molecule has 0 saturated heterocycles. The zero-order chi connectivity index (χ0) is 13.1. The Morgan fingerprint density at radius 3 is 2.94 bits per heavy atom. The third-order valence-electron chi connectivity index (χ3n) is 2.80. The molecule has 0 aliphatic heterocycles. The van der Waals surface area contributed by atoms with Crippen molar-refractivity contribution in [2.75, 3.05) is 13.7 Å². The van der Waals surface area contributed by atoms with Gasteiger partial charge in [0.2, 0.25) is 0 Å². The van der Waals surface area contributed by atoms with Gasteiger partial charge in [-0.3, -0.25) is 0 Å². The van der Waals surface area contributed by atoms with E-state index in [0.29, 0.717) is 12.2 Å². The predicted octanol–water partition coefficient (Wildman–Crippen LogP) is 1.74. The summed E-state index contributed by atoms with van der Waals surface area (Å²) in [6.07, 6.45) is 1.72. The zero-order valence-electron chi connectivity index (χ0n) is 10.4. The third kappa shape index (κ3) is 2.04. The van der Waals surface area contributed by atoms with E-state index < -0.39 is 12.0 Å². The number of nitrogens with two attached hydrogens (primary N) is 1. The lowest BCUT2D eigenvalue weighted by Gasteiger charge is -2.09. The molecule has 1 atom stereocenters. The lowest BCUT2D eigenvalue weighted by molar-refractivity contribution is -0.144. The van der Waals surface area contributed by atoms with Crippen LogP contribution in [0.1, 0.15) is 18.5 Å². The number of rotatable bonds is 4. The summed E-state index contributed by atoms with van der Waals surface area (Å²) < 4.78 is 10.2. The molecule has 5 heteroatoms. The Hall–Kier alpha value is -2.01. The second-order valence-corrected chi connectivity index (χ2v) is 3.86.